The Hall–Kier alpha value is -3.26. The second-order valence-electron chi connectivity index (χ2n) is 7.91. The van der Waals surface area contributed by atoms with Crippen LogP contribution >= 0.6 is 0 Å². The van der Waals surface area contributed by atoms with Crippen LogP contribution in [0.25, 0.3) is 33.3 Å². The van der Waals surface area contributed by atoms with Gasteiger partial charge >= 0.3 is 0 Å². The van der Waals surface area contributed by atoms with E-state index in [-0.39, 0.29) is 6.10 Å². The van der Waals surface area contributed by atoms with Gasteiger partial charge in [-0.05, 0) is 43.4 Å². The molecule has 1 unspecified atom stereocenters. The summed E-state index contributed by atoms with van der Waals surface area (Å²) in [6.07, 6.45) is 10.3. The molecule has 2 aliphatic rings. The maximum absolute atomic E-state index is 6.12. The first kappa shape index (κ1) is 16.7. The number of nitrogens with one attached hydrogen (secondary N) is 3. The Bertz CT molecular complexity index is 1120. The molecule has 0 radical (unpaired) electrons. The smallest absolute Gasteiger partial charge is 0.233 e. The van der Waals surface area contributed by atoms with Crippen LogP contribution < -0.4 is 10.1 Å². The molecule has 5 heterocycles. The Balaban J connectivity index is 1.27. The lowest BCUT2D eigenvalue weighted by molar-refractivity contribution is 0.130. The maximum atomic E-state index is 6.12. The molecule has 8 nitrogen and oxygen atoms in total. The summed E-state index contributed by atoms with van der Waals surface area (Å²) in [5.41, 5.74) is 4.77. The van der Waals surface area contributed by atoms with Crippen molar-refractivity contribution < 1.29 is 4.74 Å². The molecule has 3 atom stereocenters. The Kier molecular flexibility index (Phi) is 3.83. The zero-order chi connectivity index (χ0) is 19.2. The molecule has 0 spiro atoms. The standard InChI is InChI=1S/C21H21N7O/c1-2-14-8-15(7-13(1)25-14)29-20-6-5-19(26-27-20)17-4-3-16(12-9-22-23-10-12)18-11-24-28-21(17)18/h3-6,9-11,13-15,25H,1-2,7-8H2,(H,22,23)(H,24,28)/t13-,14+,15?. The van der Waals surface area contributed by atoms with Crippen molar-refractivity contribution in [3.63, 3.8) is 0 Å². The van der Waals surface area contributed by atoms with Crippen molar-refractivity contribution >= 4 is 10.9 Å². The highest BCUT2D eigenvalue weighted by atomic mass is 16.5. The van der Waals surface area contributed by atoms with Crippen molar-refractivity contribution in [3.8, 4) is 28.3 Å². The maximum Gasteiger partial charge on any atom is 0.233 e. The summed E-state index contributed by atoms with van der Waals surface area (Å²) in [5, 5.41) is 27.7. The number of piperidine rings is 1. The highest BCUT2D eigenvalue weighted by Crippen LogP contribution is 2.34. The fraction of sp³-hybridized carbons (Fsp3) is 0.333. The molecule has 2 aliphatic heterocycles. The highest BCUT2D eigenvalue weighted by molar-refractivity contribution is 6.01. The summed E-state index contributed by atoms with van der Waals surface area (Å²) < 4.78 is 6.12. The summed E-state index contributed by atoms with van der Waals surface area (Å²) in [4.78, 5) is 0. The molecule has 8 heteroatoms. The Morgan fingerprint density at radius 2 is 1.76 bits per heavy atom. The Labute approximate surface area is 167 Å². The molecule has 0 amide bonds. The van der Waals surface area contributed by atoms with Crippen LogP contribution in [0, 0.1) is 0 Å². The van der Waals surface area contributed by atoms with Gasteiger partial charge in [-0.2, -0.15) is 10.2 Å². The van der Waals surface area contributed by atoms with Gasteiger partial charge < -0.3 is 10.1 Å². The zero-order valence-electron chi connectivity index (χ0n) is 15.8. The van der Waals surface area contributed by atoms with Gasteiger partial charge in [0.15, 0.2) is 0 Å². The Morgan fingerprint density at radius 3 is 2.52 bits per heavy atom. The SMILES string of the molecule is c1n[nH]cc1-c1ccc(-c2ccc(OC3C[C@H]4CC[C@@H](C3)N4)nn2)c2[nH]ncc12. The highest BCUT2D eigenvalue weighted by Gasteiger charge is 2.34. The van der Waals surface area contributed by atoms with Crippen LogP contribution in [-0.4, -0.2) is 48.8 Å². The number of H-pyrrole nitrogens is 2. The van der Waals surface area contributed by atoms with Gasteiger partial charge in [0.2, 0.25) is 5.88 Å². The molecule has 3 N–H and O–H groups in total. The molecule has 2 bridgehead atoms. The predicted octanol–water partition coefficient (Wildman–Crippen LogP) is 3.07. The number of hydrogen-bond donors (Lipinski definition) is 3. The van der Waals surface area contributed by atoms with E-state index in [0.717, 1.165) is 46.1 Å². The van der Waals surface area contributed by atoms with Crippen LogP contribution in [0.2, 0.25) is 0 Å². The first-order valence-electron chi connectivity index (χ1n) is 10.1. The zero-order valence-corrected chi connectivity index (χ0v) is 15.8. The van der Waals surface area contributed by atoms with E-state index >= 15 is 0 Å². The van der Waals surface area contributed by atoms with Crippen molar-refractivity contribution in [1.29, 1.82) is 0 Å². The van der Waals surface area contributed by atoms with Gasteiger partial charge in [0.25, 0.3) is 0 Å². The van der Waals surface area contributed by atoms with Crippen LogP contribution in [0.4, 0.5) is 0 Å². The predicted molar refractivity (Wildman–Crippen MR) is 108 cm³/mol. The third-order valence-electron chi connectivity index (χ3n) is 6.06. The molecule has 6 rings (SSSR count). The summed E-state index contributed by atoms with van der Waals surface area (Å²) in [7, 11) is 0. The first-order valence-corrected chi connectivity index (χ1v) is 10.1. The van der Waals surface area contributed by atoms with E-state index in [0.29, 0.717) is 18.0 Å². The number of rotatable bonds is 4. The summed E-state index contributed by atoms with van der Waals surface area (Å²) in [5.74, 6) is 0.593. The number of ether oxygens (including phenoxy) is 1. The van der Waals surface area contributed by atoms with E-state index in [4.69, 9.17) is 4.74 Å². The topological polar surface area (TPSA) is 104 Å². The normalized spacial score (nSPS) is 23.5. The van der Waals surface area contributed by atoms with Crippen molar-refractivity contribution in [2.24, 2.45) is 0 Å². The lowest BCUT2D eigenvalue weighted by atomic mass is 10.0. The van der Waals surface area contributed by atoms with Gasteiger partial charge in [-0.3, -0.25) is 10.2 Å². The van der Waals surface area contributed by atoms with Crippen LogP contribution in [0.3, 0.4) is 0 Å². The molecular formula is C21H21N7O. The molecule has 29 heavy (non-hydrogen) atoms. The summed E-state index contributed by atoms with van der Waals surface area (Å²) in [6, 6.07) is 9.16. The van der Waals surface area contributed by atoms with Crippen LogP contribution in [0.1, 0.15) is 25.7 Å². The molecule has 2 saturated heterocycles. The van der Waals surface area contributed by atoms with E-state index in [2.05, 4.69) is 42.0 Å². The van der Waals surface area contributed by atoms with Crippen molar-refractivity contribution in [1.82, 2.24) is 35.9 Å². The fourth-order valence-electron chi connectivity index (χ4n) is 4.70. The third-order valence-corrected chi connectivity index (χ3v) is 6.06. The molecule has 1 aromatic carbocycles. The molecule has 3 aromatic heterocycles. The number of benzene rings is 1. The van der Waals surface area contributed by atoms with Gasteiger partial charge in [-0.15, -0.1) is 10.2 Å². The number of aromatic amines is 2. The van der Waals surface area contributed by atoms with Gasteiger partial charge in [0, 0.05) is 40.9 Å². The minimum Gasteiger partial charge on any atom is -0.473 e. The van der Waals surface area contributed by atoms with Crippen LogP contribution in [0.15, 0.2) is 42.9 Å². The third kappa shape index (κ3) is 2.96. The van der Waals surface area contributed by atoms with Crippen LogP contribution in [0.5, 0.6) is 5.88 Å². The first-order chi connectivity index (χ1) is 14.3. The monoisotopic (exact) mass is 387 g/mol. The molecule has 0 saturated carbocycles. The lowest BCUT2D eigenvalue weighted by Gasteiger charge is -2.28. The lowest BCUT2D eigenvalue weighted by Crippen LogP contribution is -2.42. The molecule has 0 aliphatic carbocycles. The minimum atomic E-state index is 0.224. The van der Waals surface area contributed by atoms with E-state index in [1.165, 1.54) is 12.8 Å². The number of nitrogens with zero attached hydrogens (tertiary/aromatic N) is 4. The quantitative estimate of drug-likeness (QED) is 0.497. The van der Waals surface area contributed by atoms with E-state index in [1.54, 1.807) is 6.20 Å². The van der Waals surface area contributed by atoms with Crippen molar-refractivity contribution in [2.45, 2.75) is 43.9 Å². The van der Waals surface area contributed by atoms with Crippen LogP contribution in [-0.2, 0) is 0 Å². The van der Waals surface area contributed by atoms with Gasteiger partial charge in [0.05, 0.1) is 23.6 Å². The number of fused-ring (bicyclic) bond motifs is 3. The average molecular weight is 387 g/mol. The number of aromatic nitrogens is 6. The van der Waals surface area contributed by atoms with Crippen molar-refractivity contribution in [3.05, 3.63) is 42.9 Å². The van der Waals surface area contributed by atoms with E-state index in [1.807, 2.05) is 30.6 Å². The van der Waals surface area contributed by atoms with Gasteiger partial charge in [-0.1, -0.05) is 6.07 Å². The largest absolute Gasteiger partial charge is 0.473 e. The van der Waals surface area contributed by atoms with Crippen molar-refractivity contribution in [2.75, 3.05) is 0 Å². The average Bonchev–Trinajstić information content (AvgIpc) is 3.49. The second-order valence-corrected chi connectivity index (χ2v) is 7.91. The van der Waals surface area contributed by atoms with Gasteiger partial charge in [-0.25, -0.2) is 0 Å². The molecular weight excluding hydrogens is 366 g/mol. The minimum absolute atomic E-state index is 0.224. The number of hydrogen-bond acceptors (Lipinski definition) is 6. The Morgan fingerprint density at radius 1 is 0.897 bits per heavy atom. The molecule has 146 valence electrons. The van der Waals surface area contributed by atoms with E-state index < -0.39 is 0 Å². The van der Waals surface area contributed by atoms with E-state index in [9.17, 15) is 0 Å². The molecule has 2 fully saturated rings. The van der Waals surface area contributed by atoms with Gasteiger partial charge in [0.1, 0.15) is 6.10 Å². The fourth-order valence-corrected chi connectivity index (χ4v) is 4.70. The summed E-state index contributed by atoms with van der Waals surface area (Å²) in [6.45, 7) is 0. The molecule has 4 aromatic rings. The summed E-state index contributed by atoms with van der Waals surface area (Å²) >= 11 is 0. The second kappa shape index (κ2) is 6.66.